The Morgan fingerprint density at radius 2 is 1.91 bits per heavy atom. The van der Waals surface area contributed by atoms with Gasteiger partial charge in [0, 0.05) is 32.8 Å². The first-order chi connectivity index (χ1) is 22.2. The summed E-state index contributed by atoms with van der Waals surface area (Å²) in [5.74, 6) is -0.0945. The summed E-state index contributed by atoms with van der Waals surface area (Å²) in [6.45, 7) is 3.77. The topological polar surface area (TPSA) is 144 Å². The van der Waals surface area contributed by atoms with Crippen molar-refractivity contribution in [3.05, 3.63) is 97.6 Å². The third kappa shape index (κ3) is 5.04. The molecule has 10 nitrogen and oxygen atoms in total. The number of aromatic carboxylic acids is 1. The number of rotatable bonds is 7. The van der Waals surface area contributed by atoms with Gasteiger partial charge in [-0.3, -0.25) is 19.3 Å². The number of aryl methyl sites for hydroxylation is 2. The predicted molar refractivity (Wildman–Crippen MR) is 179 cm³/mol. The number of nitriles is 1. The number of carbonyl (C=O) groups is 1. The number of aromatic nitrogens is 5. The lowest BCUT2D eigenvalue weighted by atomic mass is 10.0. The number of carboxylic acid groups (broad SMARTS) is 1. The molecule has 5 heterocycles. The van der Waals surface area contributed by atoms with Gasteiger partial charge < -0.3 is 9.84 Å². The van der Waals surface area contributed by atoms with Crippen molar-refractivity contribution < 1.29 is 14.6 Å². The Morgan fingerprint density at radius 3 is 2.72 bits per heavy atom. The standard InChI is InChI=1S/C33H21ClN6O4S2/c1-16-9-21(31-30(38-16)23(14-45-31)33(42)43)20-11-19(34)4-6-26(20)44-8-7-40-17(2)39-25-13-36-29(22(12-35)28(25)32(40)41)18-3-5-24-27(10-18)46-15-37-24/h3-6,9-11,13-15H,7-8H2,1-2H3,(H,42,43). The van der Waals surface area contributed by atoms with Crippen LogP contribution in [0.15, 0.2) is 64.3 Å². The van der Waals surface area contributed by atoms with Crippen LogP contribution in [0.5, 0.6) is 5.75 Å². The SMILES string of the molecule is Cc1cc(-c2cc(Cl)ccc2OCCn2c(C)nc3cnc(-c4ccc5ncsc5c4)c(C#N)c3c2=O)c2scc(C(=O)O)c2n1. The molecule has 0 spiro atoms. The minimum atomic E-state index is -1.05. The molecule has 13 heteroatoms. The molecule has 2 aromatic carbocycles. The van der Waals surface area contributed by atoms with E-state index in [-0.39, 0.29) is 35.2 Å². The van der Waals surface area contributed by atoms with E-state index in [1.54, 1.807) is 42.9 Å². The van der Waals surface area contributed by atoms with Crippen molar-refractivity contribution >= 4 is 71.6 Å². The zero-order valence-corrected chi connectivity index (χ0v) is 26.6. The highest BCUT2D eigenvalue weighted by Crippen LogP contribution is 2.40. The number of thiophene rings is 1. The van der Waals surface area contributed by atoms with Crippen molar-refractivity contribution in [3.63, 3.8) is 0 Å². The number of benzene rings is 2. The van der Waals surface area contributed by atoms with Crippen LogP contribution in [0.25, 0.3) is 53.7 Å². The van der Waals surface area contributed by atoms with E-state index in [1.165, 1.54) is 33.4 Å². The van der Waals surface area contributed by atoms with Gasteiger partial charge in [0.15, 0.2) is 0 Å². The second-order valence-electron chi connectivity index (χ2n) is 10.4. The maximum Gasteiger partial charge on any atom is 0.338 e. The summed E-state index contributed by atoms with van der Waals surface area (Å²) in [7, 11) is 0. The normalized spacial score (nSPS) is 11.3. The minimum absolute atomic E-state index is 0.0997. The minimum Gasteiger partial charge on any atom is -0.491 e. The van der Waals surface area contributed by atoms with E-state index in [9.17, 15) is 20.0 Å². The smallest absolute Gasteiger partial charge is 0.338 e. The maximum absolute atomic E-state index is 13.9. The molecule has 1 N–H and O–H groups in total. The van der Waals surface area contributed by atoms with Crippen LogP contribution in [0.3, 0.4) is 0 Å². The van der Waals surface area contributed by atoms with E-state index >= 15 is 0 Å². The van der Waals surface area contributed by atoms with Crippen molar-refractivity contribution in [3.8, 4) is 34.2 Å². The molecule has 7 rings (SSSR count). The Bertz CT molecular complexity index is 2480. The number of halogens is 1. The van der Waals surface area contributed by atoms with Crippen molar-refractivity contribution in [2.24, 2.45) is 0 Å². The summed E-state index contributed by atoms with van der Waals surface area (Å²) in [6.07, 6.45) is 1.52. The second kappa shape index (κ2) is 11.6. The van der Waals surface area contributed by atoms with Gasteiger partial charge in [-0.15, -0.1) is 22.7 Å². The number of ether oxygens (including phenoxy) is 1. The first-order valence-corrected chi connectivity index (χ1v) is 16.1. The molecule has 0 aliphatic heterocycles. The number of thiazole rings is 1. The van der Waals surface area contributed by atoms with Gasteiger partial charge in [0.05, 0.1) is 66.4 Å². The van der Waals surface area contributed by atoms with Crippen molar-refractivity contribution in [2.75, 3.05) is 6.61 Å². The van der Waals surface area contributed by atoms with Gasteiger partial charge in [-0.2, -0.15) is 5.26 Å². The molecule has 0 unspecified atom stereocenters. The molecule has 0 saturated carbocycles. The van der Waals surface area contributed by atoms with Crippen LogP contribution in [0.2, 0.25) is 5.02 Å². The molecular formula is C33H21ClN6O4S2. The molecule has 0 amide bonds. The fourth-order valence-electron chi connectivity index (χ4n) is 5.49. The van der Waals surface area contributed by atoms with Gasteiger partial charge in [0.1, 0.15) is 24.3 Å². The summed E-state index contributed by atoms with van der Waals surface area (Å²) in [5.41, 5.74) is 6.43. The molecule has 0 saturated heterocycles. The van der Waals surface area contributed by atoms with E-state index in [2.05, 4.69) is 26.0 Å². The average Bonchev–Trinajstić information content (AvgIpc) is 3.69. The number of fused-ring (bicyclic) bond motifs is 3. The van der Waals surface area contributed by atoms with Gasteiger partial charge >= 0.3 is 5.97 Å². The third-order valence-electron chi connectivity index (χ3n) is 7.59. The van der Waals surface area contributed by atoms with Crippen molar-refractivity contribution in [2.45, 2.75) is 20.4 Å². The van der Waals surface area contributed by atoms with Crippen LogP contribution < -0.4 is 10.3 Å². The summed E-state index contributed by atoms with van der Waals surface area (Å²) >= 11 is 9.17. The zero-order valence-electron chi connectivity index (χ0n) is 24.2. The van der Waals surface area contributed by atoms with Crippen LogP contribution >= 0.6 is 34.3 Å². The lowest BCUT2D eigenvalue weighted by Crippen LogP contribution is -2.27. The van der Waals surface area contributed by atoms with Crippen LogP contribution in [-0.4, -0.2) is 42.2 Å². The number of hydrogen-bond donors (Lipinski definition) is 1. The Balaban J connectivity index is 1.24. The van der Waals surface area contributed by atoms with Crippen LogP contribution in [0, 0.1) is 25.2 Å². The highest BCUT2D eigenvalue weighted by atomic mass is 35.5. The fourth-order valence-corrected chi connectivity index (χ4v) is 7.39. The monoisotopic (exact) mass is 664 g/mol. The highest BCUT2D eigenvalue weighted by molar-refractivity contribution is 7.18. The largest absolute Gasteiger partial charge is 0.491 e. The Hall–Kier alpha value is -5.22. The fraction of sp³-hybridized carbons (Fsp3) is 0.121. The molecule has 0 radical (unpaired) electrons. The predicted octanol–water partition coefficient (Wildman–Crippen LogP) is 7.26. The first-order valence-electron chi connectivity index (χ1n) is 13.9. The molecule has 0 fully saturated rings. The highest BCUT2D eigenvalue weighted by Gasteiger charge is 2.21. The molecule has 0 aliphatic carbocycles. The van der Waals surface area contributed by atoms with Gasteiger partial charge in [-0.1, -0.05) is 17.7 Å². The molecule has 7 aromatic rings. The van der Waals surface area contributed by atoms with E-state index in [0.29, 0.717) is 54.8 Å². The molecule has 0 aliphatic rings. The number of hydrogen-bond acceptors (Lipinski definition) is 10. The summed E-state index contributed by atoms with van der Waals surface area (Å²) in [6, 6.07) is 14.9. The third-order valence-corrected chi connectivity index (χ3v) is 9.62. The van der Waals surface area contributed by atoms with E-state index < -0.39 is 5.97 Å². The van der Waals surface area contributed by atoms with E-state index in [1.807, 2.05) is 24.3 Å². The molecule has 0 atom stereocenters. The van der Waals surface area contributed by atoms with Crippen LogP contribution in [-0.2, 0) is 6.54 Å². The van der Waals surface area contributed by atoms with Crippen LogP contribution in [0.4, 0.5) is 0 Å². The zero-order chi connectivity index (χ0) is 32.1. The number of nitrogens with zero attached hydrogens (tertiary/aromatic N) is 6. The Labute approximate surface area is 273 Å². The number of carboxylic acids is 1. The quantitative estimate of drug-likeness (QED) is 0.186. The lowest BCUT2D eigenvalue weighted by molar-refractivity contribution is 0.0699. The van der Waals surface area contributed by atoms with Gasteiger partial charge in [0.25, 0.3) is 5.56 Å². The maximum atomic E-state index is 13.9. The summed E-state index contributed by atoms with van der Waals surface area (Å²) in [5, 5.41) is 22.1. The molecule has 0 bridgehead atoms. The molecule has 5 aromatic heterocycles. The Morgan fingerprint density at radius 1 is 1.07 bits per heavy atom. The summed E-state index contributed by atoms with van der Waals surface area (Å²) < 4.78 is 9.37. The second-order valence-corrected chi connectivity index (χ2v) is 12.6. The van der Waals surface area contributed by atoms with E-state index in [4.69, 9.17) is 16.3 Å². The van der Waals surface area contributed by atoms with Crippen molar-refractivity contribution in [1.82, 2.24) is 24.5 Å². The van der Waals surface area contributed by atoms with Gasteiger partial charge in [-0.25, -0.2) is 14.8 Å². The summed E-state index contributed by atoms with van der Waals surface area (Å²) in [4.78, 5) is 43.6. The molecule has 46 heavy (non-hydrogen) atoms. The van der Waals surface area contributed by atoms with Crippen molar-refractivity contribution in [1.29, 1.82) is 5.26 Å². The van der Waals surface area contributed by atoms with Gasteiger partial charge in [-0.05, 0) is 50.2 Å². The molecular weight excluding hydrogens is 644 g/mol. The average molecular weight is 665 g/mol. The lowest BCUT2D eigenvalue weighted by Gasteiger charge is -2.16. The Kier molecular flexibility index (Phi) is 7.44. The number of pyridine rings is 2. The van der Waals surface area contributed by atoms with Gasteiger partial charge in [0.2, 0.25) is 0 Å². The van der Waals surface area contributed by atoms with E-state index in [0.717, 1.165) is 15.8 Å². The first kappa shape index (κ1) is 29.5. The van der Waals surface area contributed by atoms with Crippen LogP contribution in [0.1, 0.15) is 27.4 Å². The molecule has 226 valence electrons.